The normalized spacial score (nSPS) is 36.3. The molecule has 56 heavy (non-hydrogen) atoms. The van der Waals surface area contributed by atoms with E-state index in [-0.39, 0.29) is 31.4 Å². The van der Waals surface area contributed by atoms with Crippen LogP contribution in [0.3, 0.4) is 0 Å². The number of aliphatic hydroxyl groups excluding tert-OH is 8. The highest BCUT2D eigenvalue weighted by Gasteiger charge is 2.53. The molecule has 19 heteroatoms. The first-order valence-corrected chi connectivity index (χ1v) is 20.4. The highest BCUT2D eigenvalue weighted by Crippen LogP contribution is 2.35. The van der Waals surface area contributed by atoms with E-state index >= 15 is 0 Å². The largest absolute Gasteiger partial charge is 0.394 e. The molecular formula is C37H70N4O15. The van der Waals surface area contributed by atoms with Gasteiger partial charge in [0, 0.05) is 25.9 Å². The molecule has 1 aliphatic carbocycles. The Morgan fingerprint density at radius 1 is 0.661 bits per heavy atom. The van der Waals surface area contributed by atoms with Gasteiger partial charge in [-0.05, 0) is 64.0 Å². The molecule has 2 heterocycles. The molecule has 0 bridgehead atoms. The maximum Gasteiger partial charge on any atom is 0.219 e. The van der Waals surface area contributed by atoms with Crippen LogP contribution in [0.15, 0.2) is 0 Å². The number of amides is 2. The van der Waals surface area contributed by atoms with Crippen LogP contribution in [0.1, 0.15) is 84.5 Å². The summed E-state index contributed by atoms with van der Waals surface area (Å²) in [6.45, 7) is 5.24. The third kappa shape index (κ3) is 14.9. The lowest BCUT2D eigenvalue weighted by molar-refractivity contribution is -0.361. The summed E-state index contributed by atoms with van der Waals surface area (Å²) in [5, 5.41) is 92.5. The number of hydrogen-bond acceptors (Lipinski definition) is 17. The van der Waals surface area contributed by atoms with Crippen LogP contribution in [0, 0.1) is 5.92 Å². The average Bonchev–Trinajstić information content (AvgIpc) is 3.18. The van der Waals surface area contributed by atoms with Gasteiger partial charge in [0.15, 0.2) is 12.6 Å². The van der Waals surface area contributed by atoms with Gasteiger partial charge in [0.05, 0.1) is 38.1 Å². The van der Waals surface area contributed by atoms with Gasteiger partial charge in [-0.3, -0.25) is 9.59 Å². The smallest absolute Gasteiger partial charge is 0.219 e. The Bertz CT molecular complexity index is 1110. The Morgan fingerprint density at radius 2 is 1.25 bits per heavy atom. The van der Waals surface area contributed by atoms with Crippen LogP contribution in [-0.4, -0.2) is 184 Å². The van der Waals surface area contributed by atoms with Crippen molar-refractivity contribution >= 4 is 11.8 Å². The van der Waals surface area contributed by atoms with Crippen molar-refractivity contribution in [2.45, 2.75) is 170 Å². The maximum atomic E-state index is 12.4. The lowest BCUT2D eigenvalue weighted by Gasteiger charge is -2.49. The van der Waals surface area contributed by atoms with Crippen molar-refractivity contribution in [2.24, 2.45) is 11.7 Å². The topological polar surface area (TPSA) is 304 Å². The molecule has 19 nitrogen and oxygen atoms in total. The van der Waals surface area contributed by atoms with Crippen LogP contribution >= 0.6 is 0 Å². The summed E-state index contributed by atoms with van der Waals surface area (Å²) < 4.78 is 29.8. The van der Waals surface area contributed by atoms with Crippen molar-refractivity contribution in [3.8, 4) is 0 Å². The van der Waals surface area contributed by atoms with E-state index in [1.54, 1.807) is 6.92 Å². The molecule has 0 aromatic rings. The minimum Gasteiger partial charge on any atom is -0.394 e. The van der Waals surface area contributed by atoms with E-state index in [1.165, 1.54) is 0 Å². The first-order chi connectivity index (χ1) is 26.8. The molecule has 3 rings (SSSR count). The van der Waals surface area contributed by atoms with Crippen molar-refractivity contribution in [3.05, 3.63) is 0 Å². The molecule has 13 N–H and O–H groups in total. The number of carbonyl (C=O) groups is 2. The lowest BCUT2D eigenvalue weighted by Crippen LogP contribution is -2.67. The van der Waals surface area contributed by atoms with Gasteiger partial charge in [0.25, 0.3) is 0 Å². The van der Waals surface area contributed by atoms with Gasteiger partial charge in [0.2, 0.25) is 11.8 Å². The van der Waals surface area contributed by atoms with Crippen molar-refractivity contribution in [1.82, 2.24) is 16.0 Å². The lowest BCUT2D eigenvalue weighted by atomic mass is 9.81. The number of ether oxygens (including phenoxy) is 5. The van der Waals surface area contributed by atoms with Crippen molar-refractivity contribution < 1.29 is 74.1 Å². The van der Waals surface area contributed by atoms with Gasteiger partial charge in [-0.2, -0.15) is 0 Å². The fraction of sp³-hybridized carbons (Fsp3) is 0.946. The summed E-state index contributed by atoms with van der Waals surface area (Å²) >= 11 is 0. The molecule has 0 aromatic carbocycles. The third-order valence-corrected chi connectivity index (χ3v) is 10.6. The van der Waals surface area contributed by atoms with Gasteiger partial charge in [-0.1, -0.05) is 26.7 Å². The molecule has 0 radical (unpaired) electrons. The Labute approximate surface area is 329 Å². The minimum atomic E-state index is -1.60. The highest BCUT2D eigenvalue weighted by atomic mass is 16.7. The van der Waals surface area contributed by atoms with Gasteiger partial charge < -0.3 is 86.2 Å². The summed E-state index contributed by atoms with van der Waals surface area (Å²) in [5.74, 6) is -0.595. The number of carbonyl (C=O) groups excluding carboxylic acids is 2. The van der Waals surface area contributed by atoms with E-state index in [2.05, 4.69) is 22.9 Å². The highest BCUT2D eigenvalue weighted by molar-refractivity contribution is 5.76. The standard InChI is InChI=1S/C37H70N4O15/c1-3-13-39-14-8-4-6-11-25(44)40-15-9-5-7-12-26(45)41-16-10-17-52-37-35(53-22-18-21(2)28(46)33(51)29(22)47)34(31(49)24(20-43)55-37)56-36-27(38)32(50)30(48)23(19-42)54-36/h21-24,27-37,39,42-43,46-51H,3-20,38H2,1-2H3,(H,40,44)(H,41,45)/t21?,22-,23?,24?,27?,28-,29?,30+,31+,32-,33+,34?,35+,36-,37-/m1/s1. The molecule has 328 valence electrons. The molecule has 15 atom stereocenters. The molecular weight excluding hydrogens is 740 g/mol. The van der Waals surface area contributed by atoms with Crippen LogP contribution in [0.4, 0.5) is 0 Å². The summed E-state index contributed by atoms with van der Waals surface area (Å²) in [7, 11) is 0. The van der Waals surface area contributed by atoms with Crippen LogP contribution < -0.4 is 21.7 Å². The third-order valence-electron chi connectivity index (χ3n) is 10.6. The van der Waals surface area contributed by atoms with E-state index in [0.29, 0.717) is 32.2 Å². The molecule has 1 saturated carbocycles. The second-order valence-corrected chi connectivity index (χ2v) is 15.2. The van der Waals surface area contributed by atoms with E-state index in [9.17, 15) is 50.4 Å². The van der Waals surface area contributed by atoms with Crippen molar-refractivity contribution in [3.63, 3.8) is 0 Å². The Balaban J connectivity index is 1.49. The first kappa shape index (κ1) is 48.7. The summed E-state index contributed by atoms with van der Waals surface area (Å²) in [5.41, 5.74) is 6.10. The molecule has 2 aliphatic heterocycles. The zero-order valence-electron chi connectivity index (χ0n) is 32.9. The quantitative estimate of drug-likeness (QED) is 0.0406. The minimum absolute atomic E-state index is 0.00309. The van der Waals surface area contributed by atoms with Crippen LogP contribution in [0.5, 0.6) is 0 Å². The second-order valence-electron chi connectivity index (χ2n) is 15.2. The number of unbranched alkanes of at least 4 members (excludes halogenated alkanes) is 4. The van der Waals surface area contributed by atoms with E-state index in [4.69, 9.17) is 29.4 Å². The number of nitrogens with one attached hydrogen (secondary N) is 3. The molecule has 2 saturated heterocycles. The fourth-order valence-electron chi connectivity index (χ4n) is 7.10. The van der Waals surface area contributed by atoms with Gasteiger partial charge in [-0.15, -0.1) is 0 Å². The van der Waals surface area contributed by atoms with Gasteiger partial charge >= 0.3 is 0 Å². The molecule has 2 amide bonds. The van der Waals surface area contributed by atoms with Crippen LogP contribution in [-0.2, 0) is 33.3 Å². The molecule has 0 aromatic heterocycles. The Hall–Kier alpha value is -1.66. The predicted molar refractivity (Wildman–Crippen MR) is 200 cm³/mol. The number of rotatable bonds is 25. The molecule has 6 unspecified atom stereocenters. The zero-order chi connectivity index (χ0) is 41.2. The van der Waals surface area contributed by atoms with Crippen molar-refractivity contribution in [2.75, 3.05) is 46.0 Å². The predicted octanol–water partition coefficient (Wildman–Crippen LogP) is -3.15. The summed E-state index contributed by atoms with van der Waals surface area (Å²) in [4.78, 5) is 24.5. The maximum absolute atomic E-state index is 12.4. The second kappa shape index (κ2) is 25.7. The molecule has 3 fully saturated rings. The van der Waals surface area contributed by atoms with E-state index in [1.807, 2.05) is 0 Å². The number of hydrogen-bond donors (Lipinski definition) is 12. The number of aliphatic hydroxyl groups is 8. The zero-order valence-corrected chi connectivity index (χ0v) is 32.9. The first-order valence-electron chi connectivity index (χ1n) is 20.4. The monoisotopic (exact) mass is 810 g/mol. The van der Waals surface area contributed by atoms with E-state index < -0.39 is 105 Å². The van der Waals surface area contributed by atoms with E-state index in [0.717, 1.165) is 51.6 Å². The molecule has 3 aliphatic rings. The fourth-order valence-corrected chi connectivity index (χ4v) is 7.10. The van der Waals surface area contributed by atoms with Crippen LogP contribution in [0.25, 0.3) is 0 Å². The van der Waals surface area contributed by atoms with Crippen molar-refractivity contribution in [1.29, 1.82) is 0 Å². The summed E-state index contributed by atoms with van der Waals surface area (Å²) in [6, 6.07) is -1.35. The van der Waals surface area contributed by atoms with Gasteiger partial charge in [-0.25, -0.2) is 0 Å². The Morgan fingerprint density at radius 3 is 1.88 bits per heavy atom. The van der Waals surface area contributed by atoms with Gasteiger partial charge in [0.1, 0.15) is 54.9 Å². The number of nitrogens with two attached hydrogens (primary N) is 1. The average molecular weight is 811 g/mol. The molecule has 0 spiro atoms. The SMILES string of the molecule is CCCNCCCCCC(=O)NCCCCCC(=O)NCCCO[C@@H]1OC(CO)[C@H](O)C(O[C@H]2OC(CO)[C@H](O)[C@H](O)C2N)[C@@H]1O[C@@H]1CC(C)[C@@H](O)[C@H](O)C1O. The summed E-state index contributed by atoms with van der Waals surface area (Å²) in [6.07, 6.45) is -10.9. The van der Waals surface area contributed by atoms with Crippen LogP contribution in [0.2, 0.25) is 0 Å². The Kier molecular flexibility index (Phi) is 22.4.